The minimum atomic E-state index is -0.412. The molecule has 1 amide bonds. The summed E-state index contributed by atoms with van der Waals surface area (Å²) < 4.78 is 25.5. The summed E-state index contributed by atoms with van der Waals surface area (Å²) in [6, 6.07) is 12.4. The van der Waals surface area contributed by atoms with E-state index in [4.69, 9.17) is 9.47 Å². The highest BCUT2D eigenvalue weighted by Gasteiger charge is 2.24. The van der Waals surface area contributed by atoms with Crippen molar-refractivity contribution in [2.75, 3.05) is 46.5 Å². The third-order valence-corrected chi connectivity index (χ3v) is 5.82. The number of H-pyrrole nitrogens is 1. The van der Waals surface area contributed by atoms with Crippen LogP contribution in [0.4, 0.5) is 4.39 Å². The average Bonchev–Trinajstić information content (AvgIpc) is 3.21. The first-order valence-corrected chi connectivity index (χ1v) is 10.6. The lowest BCUT2D eigenvalue weighted by Crippen LogP contribution is -2.41. The molecule has 0 radical (unpaired) electrons. The zero-order valence-electron chi connectivity index (χ0n) is 17.7. The van der Waals surface area contributed by atoms with Gasteiger partial charge < -0.3 is 19.8 Å². The van der Waals surface area contributed by atoms with Gasteiger partial charge in [0.2, 0.25) is 5.91 Å². The van der Waals surface area contributed by atoms with Gasteiger partial charge in [-0.15, -0.1) is 0 Å². The Bertz CT molecular complexity index is 1030. The summed E-state index contributed by atoms with van der Waals surface area (Å²) in [4.78, 5) is 18.3. The summed E-state index contributed by atoms with van der Waals surface area (Å²) in [7, 11) is 1.61. The van der Waals surface area contributed by atoms with Crippen LogP contribution in [0.15, 0.2) is 48.7 Å². The van der Waals surface area contributed by atoms with Crippen molar-refractivity contribution in [3.8, 4) is 5.75 Å². The monoisotopic (exact) mass is 425 g/mol. The Balaban J connectivity index is 1.54. The Morgan fingerprint density at radius 3 is 2.81 bits per heavy atom. The predicted octanol–water partition coefficient (Wildman–Crippen LogP) is 3.29. The number of nitrogens with zero attached hydrogens (tertiary/aromatic N) is 1. The van der Waals surface area contributed by atoms with Crippen LogP contribution in [0.3, 0.4) is 0 Å². The highest BCUT2D eigenvalue weighted by atomic mass is 19.1. The highest BCUT2D eigenvalue weighted by molar-refractivity contribution is 5.87. The third kappa shape index (κ3) is 5.06. The smallest absolute Gasteiger partial charge is 0.220 e. The standard InChI is InChI=1S/C24H28FN3O3/c1-30-17-6-7-23-20(14-17)21(16-27-23)19(18-4-2-3-5-22(18)25)15-24(29)26-8-9-28-10-12-31-13-11-28/h2-7,14,16,19,27H,8-13,15H2,1H3,(H,26,29)/t19-/m0/s1. The van der Waals surface area contributed by atoms with E-state index in [9.17, 15) is 9.18 Å². The first kappa shape index (κ1) is 21.3. The maximum absolute atomic E-state index is 14.7. The van der Waals surface area contributed by atoms with Crippen molar-refractivity contribution < 1.29 is 18.7 Å². The molecule has 1 fully saturated rings. The molecule has 1 aliphatic heterocycles. The van der Waals surface area contributed by atoms with Crippen molar-refractivity contribution in [3.63, 3.8) is 0 Å². The van der Waals surface area contributed by atoms with Gasteiger partial charge in [0.25, 0.3) is 0 Å². The molecule has 0 spiro atoms. The van der Waals surface area contributed by atoms with Gasteiger partial charge in [-0.25, -0.2) is 4.39 Å². The van der Waals surface area contributed by atoms with Gasteiger partial charge in [0.1, 0.15) is 11.6 Å². The van der Waals surface area contributed by atoms with Crippen molar-refractivity contribution in [1.29, 1.82) is 0 Å². The number of hydrogen-bond acceptors (Lipinski definition) is 4. The summed E-state index contributed by atoms with van der Waals surface area (Å²) in [6.07, 6.45) is 2.02. The fourth-order valence-corrected chi connectivity index (χ4v) is 4.12. The van der Waals surface area contributed by atoms with Crippen molar-refractivity contribution in [1.82, 2.24) is 15.2 Å². The topological polar surface area (TPSA) is 66.6 Å². The number of carbonyl (C=O) groups excluding carboxylic acids is 1. The van der Waals surface area contributed by atoms with E-state index in [1.165, 1.54) is 6.07 Å². The number of carbonyl (C=O) groups is 1. The molecule has 31 heavy (non-hydrogen) atoms. The van der Waals surface area contributed by atoms with E-state index in [1.54, 1.807) is 25.3 Å². The molecule has 0 unspecified atom stereocenters. The predicted molar refractivity (Wildman–Crippen MR) is 118 cm³/mol. The van der Waals surface area contributed by atoms with Crippen molar-refractivity contribution in [3.05, 3.63) is 65.6 Å². The van der Waals surface area contributed by atoms with Gasteiger partial charge in [0, 0.05) is 55.6 Å². The van der Waals surface area contributed by atoms with Gasteiger partial charge in [-0.3, -0.25) is 9.69 Å². The highest BCUT2D eigenvalue weighted by Crippen LogP contribution is 2.36. The molecule has 0 bridgehead atoms. The molecule has 1 atom stereocenters. The van der Waals surface area contributed by atoms with Crippen LogP contribution in [-0.4, -0.2) is 62.3 Å². The van der Waals surface area contributed by atoms with Crippen LogP contribution in [0.2, 0.25) is 0 Å². The minimum absolute atomic E-state index is 0.0984. The van der Waals surface area contributed by atoms with E-state index >= 15 is 0 Å². The Kier molecular flexibility index (Phi) is 6.84. The van der Waals surface area contributed by atoms with Gasteiger partial charge in [-0.1, -0.05) is 18.2 Å². The molecule has 6 nitrogen and oxygen atoms in total. The Labute approximate surface area is 181 Å². The van der Waals surface area contributed by atoms with Gasteiger partial charge in [-0.2, -0.15) is 0 Å². The lowest BCUT2D eigenvalue weighted by molar-refractivity contribution is -0.121. The number of benzene rings is 2. The first-order valence-electron chi connectivity index (χ1n) is 10.6. The largest absolute Gasteiger partial charge is 0.497 e. The van der Waals surface area contributed by atoms with E-state index in [2.05, 4.69) is 15.2 Å². The van der Waals surface area contributed by atoms with Crippen LogP contribution >= 0.6 is 0 Å². The molecule has 0 aliphatic carbocycles. The molecule has 3 aromatic rings. The van der Waals surface area contributed by atoms with E-state index < -0.39 is 5.92 Å². The summed E-state index contributed by atoms with van der Waals surface area (Å²) in [5, 5.41) is 3.93. The van der Waals surface area contributed by atoms with Crippen LogP contribution in [0.25, 0.3) is 10.9 Å². The van der Waals surface area contributed by atoms with Crippen LogP contribution in [0, 0.1) is 5.82 Å². The van der Waals surface area contributed by atoms with Crippen molar-refractivity contribution in [2.45, 2.75) is 12.3 Å². The van der Waals surface area contributed by atoms with Crippen molar-refractivity contribution in [2.24, 2.45) is 0 Å². The molecule has 2 heterocycles. The van der Waals surface area contributed by atoms with E-state index in [-0.39, 0.29) is 18.1 Å². The zero-order valence-corrected chi connectivity index (χ0v) is 17.7. The second-order valence-corrected chi connectivity index (χ2v) is 7.74. The molecular formula is C24H28FN3O3. The lowest BCUT2D eigenvalue weighted by atomic mass is 9.87. The number of fused-ring (bicyclic) bond motifs is 1. The van der Waals surface area contributed by atoms with Gasteiger partial charge in [-0.05, 0) is 35.4 Å². The Morgan fingerprint density at radius 1 is 1.23 bits per heavy atom. The molecule has 7 heteroatoms. The minimum Gasteiger partial charge on any atom is -0.497 e. The molecule has 164 valence electrons. The van der Waals surface area contributed by atoms with Crippen LogP contribution < -0.4 is 10.1 Å². The number of morpholine rings is 1. The molecule has 2 N–H and O–H groups in total. The second kappa shape index (κ2) is 9.94. The Hall–Kier alpha value is -2.90. The number of halogens is 1. The summed E-state index contributed by atoms with van der Waals surface area (Å²) in [5.41, 5.74) is 2.31. The maximum Gasteiger partial charge on any atom is 0.220 e. The number of nitrogens with one attached hydrogen (secondary N) is 2. The fraction of sp³-hybridized carbons (Fsp3) is 0.375. The molecule has 1 aliphatic rings. The molecule has 4 rings (SSSR count). The number of rotatable bonds is 8. The first-order chi connectivity index (χ1) is 15.2. The molecule has 0 saturated carbocycles. The van der Waals surface area contributed by atoms with Crippen molar-refractivity contribution >= 4 is 16.8 Å². The van der Waals surface area contributed by atoms with E-state index in [1.807, 2.05) is 24.4 Å². The lowest BCUT2D eigenvalue weighted by Gasteiger charge is -2.26. The summed E-state index contributed by atoms with van der Waals surface area (Å²) >= 11 is 0. The van der Waals surface area contributed by atoms with Crippen LogP contribution in [0.1, 0.15) is 23.5 Å². The normalized spacial score (nSPS) is 15.7. The average molecular weight is 426 g/mol. The van der Waals surface area contributed by atoms with E-state index in [0.717, 1.165) is 55.1 Å². The van der Waals surface area contributed by atoms with Crippen LogP contribution in [-0.2, 0) is 9.53 Å². The summed E-state index contributed by atoms with van der Waals surface area (Å²) in [6.45, 7) is 4.56. The maximum atomic E-state index is 14.7. The number of hydrogen-bond donors (Lipinski definition) is 2. The molecule has 2 aromatic carbocycles. The number of aromatic nitrogens is 1. The number of amides is 1. The second-order valence-electron chi connectivity index (χ2n) is 7.74. The zero-order chi connectivity index (χ0) is 21.6. The third-order valence-electron chi connectivity index (χ3n) is 5.82. The quantitative estimate of drug-likeness (QED) is 0.581. The summed E-state index contributed by atoms with van der Waals surface area (Å²) in [5.74, 6) is -0.106. The number of ether oxygens (including phenoxy) is 2. The SMILES string of the molecule is COc1ccc2[nH]cc([C@@H](CC(=O)NCCN3CCOCC3)c3ccccc3F)c2c1. The molecule has 1 saturated heterocycles. The molecule has 1 aromatic heterocycles. The van der Waals surface area contributed by atoms with Crippen LogP contribution in [0.5, 0.6) is 5.75 Å². The van der Waals surface area contributed by atoms with Gasteiger partial charge in [0.15, 0.2) is 0 Å². The Morgan fingerprint density at radius 2 is 2.03 bits per heavy atom. The fourth-order valence-electron chi connectivity index (χ4n) is 4.12. The van der Waals surface area contributed by atoms with Gasteiger partial charge in [0.05, 0.1) is 20.3 Å². The molecular weight excluding hydrogens is 397 g/mol. The number of aromatic amines is 1. The van der Waals surface area contributed by atoms with E-state index in [0.29, 0.717) is 12.1 Å². The van der Waals surface area contributed by atoms with Gasteiger partial charge >= 0.3 is 0 Å². The number of methoxy groups -OCH3 is 1.